The van der Waals surface area contributed by atoms with Crippen LogP contribution >= 0.6 is 0 Å². The first-order valence-electron chi connectivity index (χ1n) is 5.31. The molecule has 5 heteroatoms. The van der Waals surface area contributed by atoms with Crippen molar-refractivity contribution in [2.75, 3.05) is 0 Å². The van der Waals surface area contributed by atoms with E-state index >= 15 is 0 Å². The summed E-state index contributed by atoms with van der Waals surface area (Å²) < 4.78 is 0. The lowest BCUT2D eigenvalue weighted by molar-refractivity contribution is 0.965. The van der Waals surface area contributed by atoms with Crippen LogP contribution in [0.2, 0.25) is 0 Å². The first-order valence-corrected chi connectivity index (χ1v) is 5.31. The van der Waals surface area contributed by atoms with Gasteiger partial charge in [0.05, 0.1) is 0 Å². The molecule has 0 bridgehead atoms. The van der Waals surface area contributed by atoms with Crippen molar-refractivity contribution in [3.63, 3.8) is 0 Å². The second-order valence-corrected chi connectivity index (χ2v) is 2.92. The number of hydrogen-bond acceptors (Lipinski definition) is 4. The lowest BCUT2D eigenvalue weighted by Gasteiger charge is -2.05. The molecule has 0 spiro atoms. The predicted molar refractivity (Wildman–Crippen MR) is 68.3 cm³/mol. The Morgan fingerprint density at radius 1 is 1.31 bits per heavy atom. The molecule has 90 valence electrons. The summed E-state index contributed by atoms with van der Waals surface area (Å²) in [5.74, 6) is 10.9. The highest BCUT2D eigenvalue weighted by Crippen LogP contribution is 2.05. The van der Waals surface area contributed by atoms with Gasteiger partial charge in [-0.15, -0.1) is 0 Å². The van der Waals surface area contributed by atoms with Crippen LogP contribution in [-0.4, -0.2) is 5.84 Å². The number of nitrogens with one attached hydrogen (secondary N) is 1. The van der Waals surface area contributed by atoms with E-state index in [2.05, 4.69) is 10.5 Å². The van der Waals surface area contributed by atoms with Gasteiger partial charge in [-0.25, -0.2) is 5.84 Å². The fourth-order valence-electron chi connectivity index (χ4n) is 1.19. The second-order valence-electron chi connectivity index (χ2n) is 2.92. The van der Waals surface area contributed by atoms with Crippen LogP contribution in [0.4, 0.5) is 0 Å². The summed E-state index contributed by atoms with van der Waals surface area (Å²) in [6, 6.07) is 7.89. The molecule has 1 aromatic rings. The lowest BCUT2D eigenvalue weighted by atomic mass is 10.1. The minimum Gasteiger partial charge on any atom is -0.326 e. The maximum absolute atomic E-state index is 5.52. The van der Waals surface area contributed by atoms with Gasteiger partial charge in [0.15, 0.2) is 0 Å². The Morgan fingerprint density at radius 2 is 1.94 bits per heavy atom. The topological polar surface area (TPSA) is 102 Å². The van der Waals surface area contributed by atoms with Crippen LogP contribution < -0.4 is 22.8 Å². The highest BCUT2D eigenvalue weighted by molar-refractivity contribution is 5.83. The fourth-order valence-corrected chi connectivity index (χ4v) is 1.19. The van der Waals surface area contributed by atoms with E-state index in [1.54, 1.807) is 0 Å². The number of hydrazine groups is 1. The number of nitrogens with two attached hydrogens (primary N) is 3. The van der Waals surface area contributed by atoms with E-state index in [0.29, 0.717) is 18.8 Å². The highest BCUT2D eigenvalue weighted by Gasteiger charge is 1.99. The molecule has 0 atom stereocenters. The van der Waals surface area contributed by atoms with Gasteiger partial charge in [0.2, 0.25) is 0 Å². The van der Waals surface area contributed by atoms with Gasteiger partial charge in [-0.1, -0.05) is 38.1 Å². The van der Waals surface area contributed by atoms with E-state index in [0.717, 1.165) is 11.1 Å². The van der Waals surface area contributed by atoms with Gasteiger partial charge in [0, 0.05) is 13.0 Å². The average molecular weight is 223 g/mol. The Labute approximate surface area is 96.7 Å². The zero-order chi connectivity index (χ0) is 12.4. The maximum atomic E-state index is 5.52. The van der Waals surface area contributed by atoms with Crippen molar-refractivity contribution in [3.05, 3.63) is 35.4 Å². The van der Waals surface area contributed by atoms with Crippen LogP contribution in [0, 0.1) is 0 Å². The zero-order valence-electron chi connectivity index (χ0n) is 9.90. The van der Waals surface area contributed by atoms with Crippen LogP contribution in [0.5, 0.6) is 0 Å². The molecule has 0 saturated carbocycles. The molecule has 0 radical (unpaired) electrons. The molecule has 0 aromatic heterocycles. The van der Waals surface area contributed by atoms with Crippen LogP contribution in [0.3, 0.4) is 0 Å². The van der Waals surface area contributed by atoms with E-state index < -0.39 is 0 Å². The molecule has 0 unspecified atom stereocenters. The van der Waals surface area contributed by atoms with Gasteiger partial charge < -0.3 is 17.0 Å². The Kier molecular flexibility index (Phi) is 7.83. The maximum Gasteiger partial charge on any atom is 0.140 e. The minimum atomic E-state index is 0.527. The van der Waals surface area contributed by atoms with Crippen molar-refractivity contribution in [2.24, 2.45) is 22.5 Å². The van der Waals surface area contributed by atoms with Crippen molar-refractivity contribution in [3.8, 4) is 0 Å². The van der Waals surface area contributed by atoms with Crippen LogP contribution in [0.15, 0.2) is 29.4 Å². The van der Waals surface area contributed by atoms with Gasteiger partial charge in [-0.2, -0.15) is 5.10 Å². The molecule has 5 nitrogen and oxygen atoms in total. The SMILES string of the molecule is CC.NCc1cccc(C/C(=N/N)NN)c1. The average Bonchev–Trinajstić information content (AvgIpc) is 2.38. The molecular formula is C11H21N5. The van der Waals surface area contributed by atoms with Gasteiger partial charge >= 0.3 is 0 Å². The third-order valence-corrected chi connectivity index (χ3v) is 1.92. The molecule has 0 amide bonds. The third kappa shape index (κ3) is 4.77. The first kappa shape index (κ1) is 14.4. The Bertz CT molecular complexity index is 322. The molecule has 0 saturated heterocycles. The normalized spacial score (nSPS) is 10.4. The van der Waals surface area contributed by atoms with Gasteiger partial charge in [0.1, 0.15) is 5.84 Å². The van der Waals surface area contributed by atoms with E-state index in [4.69, 9.17) is 17.4 Å². The minimum absolute atomic E-state index is 0.527. The molecule has 7 N–H and O–H groups in total. The summed E-state index contributed by atoms with van der Waals surface area (Å²) >= 11 is 0. The first-order chi connectivity index (χ1) is 7.80. The van der Waals surface area contributed by atoms with Crippen LogP contribution in [0.1, 0.15) is 25.0 Å². The Balaban J connectivity index is 0.00000106. The molecule has 0 aliphatic heterocycles. The van der Waals surface area contributed by atoms with Gasteiger partial charge in [-0.3, -0.25) is 0 Å². The third-order valence-electron chi connectivity index (χ3n) is 1.92. The summed E-state index contributed by atoms with van der Waals surface area (Å²) in [5.41, 5.74) is 10.1. The largest absolute Gasteiger partial charge is 0.326 e. The Morgan fingerprint density at radius 3 is 2.44 bits per heavy atom. The molecule has 16 heavy (non-hydrogen) atoms. The van der Waals surface area contributed by atoms with Crippen LogP contribution in [0.25, 0.3) is 0 Å². The summed E-state index contributed by atoms with van der Waals surface area (Å²) in [6.07, 6.45) is 0.584. The quantitative estimate of drug-likeness (QED) is 0.258. The number of benzene rings is 1. The standard InChI is InChI=1S/C9H15N5.C2H6/c10-6-8-3-1-2-7(4-8)5-9(13-11)14-12;1-2/h1-4H,5-6,10-12H2,(H,13,14);1-2H3. The van der Waals surface area contributed by atoms with Crippen molar-refractivity contribution < 1.29 is 0 Å². The van der Waals surface area contributed by atoms with E-state index in [9.17, 15) is 0 Å². The summed E-state index contributed by atoms with van der Waals surface area (Å²) in [6.45, 7) is 4.53. The number of amidine groups is 1. The van der Waals surface area contributed by atoms with Crippen molar-refractivity contribution in [1.29, 1.82) is 0 Å². The monoisotopic (exact) mass is 223 g/mol. The Hall–Kier alpha value is -1.59. The molecule has 0 heterocycles. The van der Waals surface area contributed by atoms with E-state index in [1.165, 1.54) is 0 Å². The van der Waals surface area contributed by atoms with Crippen molar-refractivity contribution in [1.82, 2.24) is 5.43 Å². The predicted octanol–water partition coefficient (Wildman–Crippen LogP) is 0.450. The summed E-state index contributed by atoms with van der Waals surface area (Å²) in [7, 11) is 0. The highest BCUT2D eigenvalue weighted by atomic mass is 15.3. The number of nitrogens with zero attached hydrogens (tertiary/aromatic N) is 1. The molecule has 0 fully saturated rings. The molecule has 1 aromatic carbocycles. The number of hydrogen-bond donors (Lipinski definition) is 4. The summed E-state index contributed by atoms with van der Waals surface area (Å²) in [4.78, 5) is 0. The number of hydrazone groups is 1. The molecule has 0 aliphatic rings. The second kappa shape index (κ2) is 8.70. The van der Waals surface area contributed by atoms with Crippen molar-refractivity contribution in [2.45, 2.75) is 26.8 Å². The van der Waals surface area contributed by atoms with E-state index in [-0.39, 0.29) is 0 Å². The molecule has 1 rings (SSSR count). The zero-order valence-corrected chi connectivity index (χ0v) is 9.90. The fraction of sp³-hybridized carbons (Fsp3) is 0.364. The molecular weight excluding hydrogens is 202 g/mol. The van der Waals surface area contributed by atoms with Gasteiger partial charge in [-0.05, 0) is 11.1 Å². The molecule has 0 aliphatic carbocycles. The van der Waals surface area contributed by atoms with Crippen LogP contribution in [-0.2, 0) is 13.0 Å². The van der Waals surface area contributed by atoms with Gasteiger partial charge in [0.25, 0.3) is 0 Å². The van der Waals surface area contributed by atoms with E-state index in [1.807, 2.05) is 38.1 Å². The smallest absolute Gasteiger partial charge is 0.140 e. The summed E-state index contributed by atoms with van der Waals surface area (Å²) in [5, 5.41) is 3.51. The van der Waals surface area contributed by atoms with Crippen molar-refractivity contribution >= 4 is 5.84 Å². The lowest BCUT2D eigenvalue weighted by Crippen LogP contribution is -2.32. The number of rotatable bonds is 3.